The van der Waals surface area contributed by atoms with Gasteiger partial charge in [-0.15, -0.1) is 22.7 Å². The summed E-state index contributed by atoms with van der Waals surface area (Å²) in [5, 5.41) is 4.99. The standard InChI is InChI=1S/C17H21N3O2S2/c21-15(18-7-4-9-22-12-5-2-1-3-6-12)14-11-13-16(24-14)19-17-20(13)8-10-23-17/h8,10-12H,1-7,9H2,(H,18,21). The first-order valence-corrected chi connectivity index (χ1v) is 10.3. The van der Waals surface area contributed by atoms with E-state index in [0.29, 0.717) is 12.6 Å². The van der Waals surface area contributed by atoms with E-state index < -0.39 is 0 Å². The smallest absolute Gasteiger partial charge is 0.261 e. The molecular formula is C17H21N3O2S2. The maximum Gasteiger partial charge on any atom is 0.261 e. The molecule has 1 saturated carbocycles. The molecule has 24 heavy (non-hydrogen) atoms. The van der Waals surface area contributed by atoms with E-state index >= 15 is 0 Å². The average Bonchev–Trinajstić information content (AvgIpc) is 3.27. The number of hydrogen-bond donors (Lipinski definition) is 1. The maximum atomic E-state index is 12.3. The van der Waals surface area contributed by atoms with Gasteiger partial charge in [-0.3, -0.25) is 9.20 Å². The van der Waals surface area contributed by atoms with Crippen LogP contribution in [0.15, 0.2) is 17.6 Å². The van der Waals surface area contributed by atoms with Gasteiger partial charge in [0.25, 0.3) is 5.91 Å². The second kappa shape index (κ2) is 7.21. The zero-order chi connectivity index (χ0) is 16.4. The Labute approximate surface area is 148 Å². The molecule has 0 unspecified atom stereocenters. The van der Waals surface area contributed by atoms with E-state index in [-0.39, 0.29) is 5.91 Å². The molecule has 3 aromatic rings. The predicted octanol–water partition coefficient (Wildman–Crippen LogP) is 4.08. The second-order valence-corrected chi connectivity index (χ2v) is 8.11. The number of thiophene rings is 1. The van der Waals surface area contributed by atoms with Crippen LogP contribution in [0.4, 0.5) is 0 Å². The number of carbonyl (C=O) groups excluding carboxylic acids is 1. The number of rotatable bonds is 6. The molecule has 0 atom stereocenters. The van der Waals surface area contributed by atoms with E-state index in [4.69, 9.17) is 4.74 Å². The Morgan fingerprint density at radius 2 is 2.25 bits per heavy atom. The molecule has 0 aromatic carbocycles. The number of fused-ring (bicyclic) bond motifs is 3. The first-order valence-electron chi connectivity index (χ1n) is 8.56. The van der Waals surface area contributed by atoms with Crippen molar-refractivity contribution in [2.45, 2.75) is 44.6 Å². The van der Waals surface area contributed by atoms with Crippen molar-refractivity contribution in [2.24, 2.45) is 0 Å². The SMILES string of the molecule is O=C(NCCCOC1CCCCC1)c1cc2c(nc3sccn32)s1. The number of carbonyl (C=O) groups is 1. The van der Waals surface area contributed by atoms with Gasteiger partial charge in [-0.1, -0.05) is 19.3 Å². The fraction of sp³-hybridized carbons (Fsp3) is 0.529. The highest BCUT2D eigenvalue weighted by molar-refractivity contribution is 7.21. The molecule has 128 valence electrons. The summed E-state index contributed by atoms with van der Waals surface area (Å²) in [7, 11) is 0. The fourth-order valence-corrected chi connectivity index (χ4v) is 4.92. The normalized spacial score (nSPS) is 16.2. The minimum absolute atomic E-state index is 0.0142. The Kier molecular flexibility index (Phi) is 4.82. The van der Waals surface area contributed by atoms with E-state index in [1.54, 1.807) is 11.3 Å². The minimum atomic E-state index is -0.0142. The Morgan fingerprint density at radius 1 is 1.38 bits per heavy atom. The molecule has 0 bridgehead atoms. The number of ether oxygens (including phenoxy) is 1. The van der Waals surface area contributed by atoms with Gasteiger partial charge in [-0.2, -0.15) is 0 Å². The molecule has 7 heteroatoms. The molecule has 1 N–H and O–H groups in total. The fourth-order valence-electron chi connectivity index (χ4n) is 3.20. The van der Waals surface area contributed by atoms with Crippen molar-refractivity contribution in [3.8, 4) is 0 Å². The van der Waals surface area contributed by atoms with Gasteiger partial charge in [-0.05, 0) is 25.3 Å². The number of imidazole rings is 1. The Balaban J connectivity index is 1.26. The number of nitrogens with one attached hydrogen (secondary N) is 1. The zero-order valence-corrected chi connectivity index (χ0v) is 15.1. The van der Waals surface area contributed by atoms with E-state index in [0.717, 1.165) is 33.2 Å². The van der Waals surface area contributed by atoms with Crippen molar-refractivity contribution in [3.63, 3.8) is 0 Å². The van der Waals surface area contributed by atoms with Crippen LogP contribution in [0.1, 0.15) is 48.2 Å². The highest BCUT2D eigenvalue weighted by Gasteiger charge is 2.15. The summed E-state index contributed by atoms with van der Waals surface area (Å²) in [6.45, 7) is 1.39. The van der Waals surface area contributed by atoms with Gasteiger partial charge < -0.3 is 10.1 Å². The Hall–Kier alpha value is -1.44. The first kappa shape index (κ1) is 16.1. The number of thiazole rings is 1. The summed E-state index contributed by atoms with van der Waals surface area (Å²) in [6, 6.07) is 1.93. The first-order chi connectivity index (χ1) is 11.8. The third-order valence-electron chi connectivity index (χ3n) is 4.48. The number of aromatic nitrogens is 2. The van der Waals surface area contributed by atoms with Crippen molar-refractivity contribution in [3.05, 3.63) is 22.5 Å². The van der Waals surface area contributed by atoms with Gasteiger partial charge in [0, 0.05) is 24.7 Å². The lowest BCUT2D eigenvalue weighted by Gasteiger charge is -2.21. The van der Waals surface area contributed by atoms with Crippen LogP contribution in [0.5, 0.6) is 0 Å². The quantitative estimate of drug-likeness (QED) is 0.672. The second-order valence-electron chi connectivity index (χ2n) is 6.21. The third-order valence-corrected chi connectivity index (χ3v) is 6.25. The van der Waals surface area contributed by atoms with E-state index in [1.165, 1.54) is 43.4 Å². The van der Waals surface area contributed by atoms with Crippen LogP contribution < -0.4 is 5.32 Å². The molecule has 0 radical (unpaired) electrons. The molecule has 1 amide bonds. The summed E-state index contributed by atoms with van der Waals surface area (Å²) >= 11 is 3.06. The summed E-state index contributed by atoms with van der Waals surface area (Å²) in [6.07, 6.45) is 9.61. The van der Waals surface area contributed by atoms with Crippen molar-refractivity contribution < 1.29 is 9.53 Å². The Morgan fingerprint density at radius 3 is 3.12 bits per heavy atom. The van der Waals surface area contributed by atoms with Crippen molar-refractivity contribution >= 4 is 43.9 Å². The summed E-state index contributed by atoms with van der Waals surface area (Å²) in [4.78, 5) is 19.4. The molecule has 1 aliphatic carbocycles. The Bertz CT molecular complexity index is 829. The highest BCUT2D eigenvalue weighted by Crippen LogP contribution is 2.28. The van der Waals surface area contributed by atoms with Crippen LogP contribution >= 0.6 is 22.7 Å². The van der Waals surface area contributed by atoms with Crippen molar-refractivity contribution in [1.29, 1.82) is 0 Å². The van der Waals surface area contributed by atoms with Gasteiger partial charge in [-0.25, -0.2) is 4.98 Å². The molecule has 3 heterocycles. The molecule has 3 aromatic heterocycles. The molecule has 1 fully saturated rings. The van der Waals surface area contributed by atoms with Gasteiger partial charge in [0.05, 0.1) is 16.5 Å². The van der Waals surface area contributed by atoms with Crippen LogP contribution in [0.3, 0.4) is 0 Å². The number of amides is 1. The third kappa shape index (κ3) is 3.34. The van der Waals surface area contributed by atoms with Gasteiger partial charge in [0.1, 0.15) is 4.83 Å². The summed E-state index contributed by atoms with van der Waals surface area (Å²) in [5.41, 5.74) is 1.02. The molecule has 5 nitrogen and oxygen atoms in total. The van der Waals surface area contributed by atoms with Crippen LogP contribution in [0.25, 0.3) is 15.3 Å². The molecular weight excluding hydrogens is 342 g/mol. The van der Waals surface area contributed by atoms with Crippen molar-refractivity contribution in [2.75, 3.05) is 13.2 Å². The van der Waals surface area contributed by atoms with Crippen molar-refractivity contribution in [1.82, 2.24) is 14.7 Å². The van der Waals surface area contributed by atoms with Gasteiger partial charge in [0.2, 0.25) is 0 Å². The molecule has 4 rings (SSSR count). The van der Waals surface area contributed by atoms with Crippen LogP contribution in [-0.2, 0) is 4.74 Å². The molecule has 1 aliphatic rings. The lowest BCUT2D eigenvalue weighted by molar-refractivity contribution is 0.0273. The number of nitrogens with zero attached hydrogens (tertiary/aromatic N) is 2. The highest BCUT2D eigenvalue weighted by atomic mass is 32.1. The van der Waals surface area contributed by atoms with Gasteiger partial charge >= 0.3 is 0 Å². The monoisotopic (exact) mass is 363 g/mol. The lowest BCUT2D eigenvalue weighted by atomic mass is 9.98. The minimum Gasteiger partial charge on any atom is -0.378 e. The van der Waals surface area contributed by atoms with E-state index in [1.807, 2.05) is 22.0 Å². The van der Waals surface area contributed by atoms with Crippen LogP contribution in [0.2, 0.25) is 0 Å². The molecule has 0 aliphatic heterocycles. The topological polar surface area (TPSA) is 55.6 Å². The number of hydrogen-bond acceptors (Lipinski definition) is 5. The summed E-state index contributed by atoms with van der Waals surface area (Å²) < 4.78 is 7.92. The molecule has 0 saturated heterocycles. The summed E-state index contributed by atoms with van der Waals surface area (Å²) in [5.74, 6) is -0.0142. The predicted molar refractivity (Wildman–Crippen MR) is 98.2 cm³/mol. The van der Waals surface area contributed by atoms with Crippen LogP contribution in [-0.4, -0.2) is 34.5 Å². The van der Waals surface area contributed by atoms with E-state index in [9.17, 15) is 4.79 Å². The molecule has 0 spiro atoms. The zero-order valence-electron chi connectivity index (χ0n) is 13.5. The lowest BCUT2D eigenvalue weighted by Crippen LogP contribution is -2.25. The average molecular weight is 364 g/mol. The largest absolute Gasteiger partial charge is 0.378 e. The van der Waals surface area contributed by atoms with Crippen LogP contribution in [0, 0.1) is 0 Å². The van der Waals surface area contributed by atoms with Gasteiger partial charge in [0.15, 0.2) is 4.96 Å². The maximum absolute atomic E-state index is 12.3. The van der Waals surface area contributed by atoms with E-state index in [2.05, 4.69) is 10.3 Å².